The molecule has 5 heterocycles. The highest BCUT2D eigenvalue weighted by Gasteiger charge is 2.51. The highest BCUT2D eigenvalue weighted by atomic mass is 16.5. The fourth-order valence-corrected chi connectivity index (χ4v) is 6.97. The van der Waals surface area contributed by atoms with Crippen molar-refractivity contribution in [3.63, 3.8) is 0 Å². The summed E-state index contributed by atoms with van der Waals surface area (Å²) in [5.41, 5.74) is 5.80. The lowest BCUT2D eigenvalue weighted by Crippen LogP contribution is -2.49. The number of ether oxygens (including phenoxy) is 2. The summed E-state index contributed by atoms with van der Waals surface area (Å²) in [5, 5.41) is 11.3. The van der Waals surface area contributed by atoms with Crippen molar-refractivity contribution < 1.29 is 23.9 Å². The van der Waals surface area contributed by atoms with Gasteiger partial charge in [0, 0.05) is 50.4 Å². The Morgan fingerprint density at radius 3 is 2.66 bits per heavy atom. The number of aryl methyl sites for hydroxylation is 2. The van der Waals surface area contributed by atoms with E-state index in [-0.39, 0.29) is 23.9 Å². The van der Waals surface area contributed by atoms with Gasteiger partial charge in [0.25, 0.3) is 5.91 Å². The Morgan fingerprint density at radius 2 is 1.79 bits per heavy atom. The van der Waals surface area contributed by atoms with Crippen LogP contribution in [-0.4, -0.2) is 88.4 Å². The number of nitrogens with zero attached hydrogens (tertiary/aromatic N) is 5. The second-order valence-corrected chi connectivity index (χ2v) is 12.6. The van der Waals surface area contributed by atoms with Crippen LogP contribution in [0, 0.1) is 6.92 Å². The molecule has 47 heavy (non-hydrogen) atoms. The summed E-state index contributed by atoms with van der Waals surface area (Å²) in [4.78, 5) is 51.6. The first-order valence-electron chi connectivity index (χ1n) is 15.8. The molecule has 0 saturated heterocycles. The maximum Gasteiger partial charge on any atom is 0.270 e. The highest BCUT2D eigenvalue weighted by Crippen LogP contribution is 2.47. The van der Waals surface area contributed by atoms with Gasteiger partial charge >= 0.3 is 0 Å². The highest BCUT2D eigenvalue weighted by molar-refractivity contribution is 6.06. The topological polar surface area (TPSA) is 141 Å². The van der Waals surface area contributed by atoms with Crippen molar-refractivity contribution in [1.82, 2.24) is 30.0 Å². The molecule has 0 fully saturated rings. The zero-order chi connectivity index (χ0) is 32.7. The predicted molar refractivity (Wildman–Crippen MR) is 175 cm³/mol. The van der Waals surface area contributed by atoms with Gasteiger partial charge in [0.05, 0.1) is 43.6 Å². The maximum absolute atomic E-state index is 13.8. The molecule has 1 spiro atoms. The number of benzene rings is 1. The second kappa shape index (κ2) is 12.3. The summed E-state index contributed by atoms with van der Waals surface area (Å²) in [6.07, 6.45) is 10.2. The van der Waals surface area contributed by atoms with Crippen molar-refractivity contribution in [3.05, 3.63) is 88.0 Å². The van der Waals surface area contributed by atoms with Gasteiger partial charge in [0.15, 0.2) is 0 Å². The number of aromatic nitrogens is 4. The van der Waals surface area contributed by atoms with Crippen molar-refractivity contribution in [2.45, 2.75) is 37.6 Å². The van der Waals surface area contributed by atoms with Crippen molar-refractivity contribution in [2.24, 2.45) is 7.05 Å². The SMILES string of the molecule is Cc1cc(C[C@H]2NC(=O)c3cc4c(cn3)C[C@@]3(C4)C(=O)Nc4ncc(cc43)/C=C\COCCOCCN(C)C2=O)cc2cnn(C)c12. The van der Waals surface area contributed by atoms with Crippen LogP contribution >= 0.6 is 0 Å². The third-order valence-electron chi connectivity index (χ3n) is 9.36. The van der Waals surface area contributed by atoms with Gasteiger partial charge in [0.1, 0.15) is 17.6 Å². The number of pyridine rings is 2. The summed E-state index contributed by atoms with van der Waals surface area (Å²) < 4.78 is 13.3. The fourth-order valence-electron chi connectivity index (χ4n) is 6.97. The van der Waals surface area contributed by atoms with Gasteiger partial charge in [-0.1, -0.05) is 18.2 Å². The lowest BCUT2D eigenvalue weighted by molar-refractivity contribution is -0.132. The molecule has 0 unspecified atom stereocenters. The molecule has 0 saturated carbocycles. The summed E-state index contributed by atoms with van der Waals surface area (Å²) in [6.45, 7) is 3.85. The first-order valence-corrected chi connectivity index (χ1v) is 15.8. The Bertz CT molecular complexity index is 1930. The van der Waals surface area contributed by atoms with E-state index in [1.165, 1.54) is 0 Å². The molecule has 3 amide bonds. The molecule has 5 bridgehead atoms. The lowest BCUT2D eigenvalue weighted by atomic mass is 9.79. The van der Waals surface area contributed by atoms with Crippen LogP contribution in [0.2, 0.25) is 0 Å². The molecular weight excluding hydrogens is 598 g/mol. The average Bonchev–Trinajstić information content (AvgIpc) is 3.71. The van der Waals surface area contributed by atoms with E-state index in [0.29, 0.717) is 51.6 Å². The third-order valence-corrected chi connectivity index (χ3v) is 9.36. The standard InChI is InChI=1S/C35H37N7O5/c1-21-11-23(12-25-20-38-42(3)30(21)25)14-29-33(44)41(2)6-8-47-10-9-46-7-4-5-22-13-27-31(37-18-22)40-34(45)35(27)16-24-15-28(32(43)39-29)36-19-26(24)17-35/h4-5,11-13,15,18-20,29H,6-10,14,16-17H2,1-3H3,(H,39,43)(H,37,40,45)/b5-4-/t29-,35-/m1/s1. The van der Waals surface area contributed by atoms with Crippen molar-refractivity contribution >= 4 is 40.5 Å². The molecule has 1 aromatic carbocycles. The molecular formula is C35H37N7O5. The summed E-state index contributed by atoms with van der Waals surface area (Å²) in [6, 6.07) is 6.92. The molecule has 242 valence electrons. The van der Waals surface area contributed by atoms with Crippen molar-refractivity contribution in [2.75, 3.05) is 45.3 Å². The smallest absolute Gasteiger partial charge is 0.270 e. The van der Waals surface area contributed by atoms with Crippen LogP contribution in [0.4, 0.5) is 5.82 Å². The van der Waals surface area contributed by atoms with Crippen LogP contribution in [-0.2, 0) is 50.8 Å². The Kier molecular flexibility index (Phi) is 8.06. The summed E-state index contributed by atoms with van der Waals surface area (Å²) in [5.74, 6) is -0.257. The molecule has 3 aliphatic rings. The quantitative estimate of drug-likeness (QED) is 0.343. The molecule has 2 N–H and O–H groups in total. The van der Waals surface area contributed by atoms with Crippen LogP contribution in [0.3, 0.4) is 0 Å². The molecule has 0 radical (unpaired) electrons. The number of carbonyl (C=O) groups is 3. The first-order chi connectivity index (χ1) is 22.7. The van der Waals surface area contributed by atoms with Gasteiger partial charge in [-0.15, -0.1) is 0 Å². The summed E-state index contributed by atoms with van der Waals surface area (Å²) >= 11 is 0. The lowest BCUT2D eigenvalue weighted by Gasteiger charge is -2.25. The van der Waals surface area contributed by atoms with Crippen LogP contribution < -0.4 is 10.6 Å². The normalized spacial score (nSPS) is 22.6. The Hall–Kier alpha value is -4.94. The number of nitrogens with one attached hydrogen (secondary N) is 2. The molecule has 1 aliphatic carbocycles. The van der Waals surface area contributed by atoms with Crippen LogP contribution in [0.25, 0.3) is 17.0 Å². The van der Waals surface area contributed by atoms with E-state index < -0.39 is 17.4 Å². The van der Waals surface area contributed by atoms with Crippen LogP contribution in [0.1, 0.15) is 43.9 Å². The van der Waals surface area contributed by atoms with E-state index in [1.54, 1.807) is 36.6 Å². The number of amides is 3. The Balaban J connectivity index is 1.20. The van der Waals surface area contributed by atoms with E-state index in [1.807, 2.05) is 49.0 Å². The number of carbonyl (C=O) groups excluding carboxylic acids is 3. The predicted octanol–water partition coefficient (Wildman–Crippen LogP) is 2.52. The van der Waals surface area contributed by atoms with Gasteiger partial charge in [0.2, 0.25) is 11.8 Å². The molecule has 3 aromatic heterocycles. The molecule has 12 nitrogen and oxygen atoms in total. The zero-order valence-corrected chi connectivity index (χ0v) is 26.7. The number of rotatable bonds is 2. The fraction of sp³-hybridized carbons (Fsp3) is 0.371. The van der Waals surface area contributed by atoms with Gasteiger partial charge in [-0.2, -0.15) is 5.10 Å². The number of hydrogen-bond acceptors (Lipinski definition) is 8. The minimum Gasteiger partial charge on any atom is -0.377 e. The maximum atomic E-state index is 13.8. The van der Waals surface area contributed by atoms with E-state index >= 15 is 0 Å². The molecule has 4 aromatic rings. The van der Waals surface area contributed by atoms with E-state index in [0.717, 1.165) is 44.3 Å². The third kappa shape index (κ3) is 5.79. The molecule has 12 heteroatoms. The summed E-state index contributed by atoms with van der Waals surface area (Å²) in [7, 11) is 3.60. The molecule has 2 aliphatic heterocycles. The first kappa shape index (κ1) is 30.7. The second-order valence-electron chi connectivity index (χ2n) is 12.6. The minimum atomic E-state index is -0.854. The van der Waals surface area contributed by atoms with Crippen molar-refractivity contribution in [1.29, 1.82) is 0 Å². The number of likely N-dealkylation sites (N-methyl/N-ethyl adjacent to an activating group) is 1. The number of fused-ring (bicyclic) bond motifs is 3. The zero-order valence-electron chi connectivity index (χ0n) is 26.7. The Morgan fingerprint density at radius 1 is 0.957 bits per heavy atom. The van der Waals surface area contributed by atoms with Gasteiger partial charge in [-0.25, -0.2) is 4.98 Å². The minimum absolute atomic E-state index is 0.115. The Labute approximate surface area is 272 Å². The van der Waals surface area contributed by atoms with E-state index in [4.69, 9.17) is 9.47 Å². The van der Waals surface area contributed by atoms with Crippen LogP contribution in [0.5, 0.6) is 0 Å². The van der Waals surface area contributed by atoms with E-state index in [2.05, 4.69) is 25.7 Å². The van der Waals surface area contributed by atoms with Crippen molar-refractivity contribution in [3.8, 4) is 0 Å². The van der Waals surface area contributed by atoms with Gasteiger partial charge < -0.3 is 25.0 Å². The monoisotopic (exact) mass is 635 g/mol. The number of hydrogen-bond donors (Lipinski definition) is 2. The largest absolute Gasteiger partial charge is 0.377 e. The molecule has 7 rings (SSSR count). The average molecular weight is 636 g/mol. The van der Waals surface area contributed by atoms with E-state index in [9.17, 15) is 14.4 Å². The number of anilines is 1. The van der Waals surface area contributed by atoms with Gasteiger partial charge in [-0.05, 0) is 65.8 Å². The van der Waals surface area contributed by atoms with Gasteiger partial charge in [-0.3, -0.25) is 24.0 Å². The van der Waals surface area contributed by atoms with Crippen LogP contribution in [0.15, 0.2) is 48.9 Å². The molecule has 2 atom stereocenters.